The third-order valence-electron chi connectivity index (χ3n) is 4.32. The topological polar surface area (TPSA) is 86.0 Å². The fourth-order valence-corrected chi connectivity index (χ4v) is 3.04. The van der Waals surface area contributed by atoms with Crippen LogP contribution in [-0.4, -0.2) is 59.0 Å². The van der Waals surface area contributed by atoms with Crippen molar-refractivity contribution in [2.24, 2.45) is 4.99 Å². The summed E-state index contributed by atoms with van der Waals surface area (Å²) in [4.78, 5) is 34.5. The Bertz CT molecular complexity index is 902. The van der Waals surface area contributed by atoms with Gasteiger partial charge in [0.25, 0.3) is 5.91 Å². The van der Waals surface area contributed by atoms with E-state index in [4.69, 9.17) is 9.47 Å². The van der Waals surface area contributed by atoms with Crippen LogP contribution in [0.25, 0.3) is 5.69 Å². The normalized spacial score (nSPS) is 18.8. The maximum absolute atomic E-state index is 12.6. The van der Waals surface area contributed by atoms with Crippen LogP contribution < -0.4 is 0 Å². The van der Waals surface area contributed by atoms with Crippen molar-refractivity contribution in [2.75, 3.05) is 20.8 Å². The minimum absolute atomic E-state index is 0.0630. The zero-order chi connectivity index (χ0) is 17.6. The van der Waals surface area contributed by atoms with Gasteiger partial charge in [-0.2, -0.15) is 0 Å². The zero-order valence-corrected chi connectivity index (χ0v) is 13.8. The number of para-hydroxylation sites is 1. The molecule has 8 heteroatoms. The van der Waals surface area contributed by atoms with Crippen molar-refractivity contribution >= 4 is 17.8 Å². The molecule has 4 rings (SSSR count). The molecule has 8 nitrogen and oxygen atoms in total. The number of amides is 1. The highest BCUT2D eigenvalue weighted by molar-refractivity contribution is 6.00. The third-order valence-corrected chi connectivity index (χ3v) is 4.32. The molecule has 1 aromatic heterocycles. The van der Waals surface area contributed by atoms with Crippen molar-refractivity contribution in [3.8, 4) is 5.69 Å². The number of hydrogen-bond acceptors (Lipinski definition) is 6. The Morgan fingerprint density at radius 2 is 2.16 bits per heavy atom. The van der Waals surface area contributed by atoms with Gasteiger partial charge in [-0.1, -0.05) is 12.1 Å². The number of nitrogens with zero attached hydrogens (tertiary/aromatic N) is 4. The standard InChI is InChI=1S/C17H16N4O4/c1-20-7-13-14(15-19-11(8-25-15)17(23)24-2)18-9-21(13)12-6-4-3-5-10(12)16(20)22/h3-6,9,11H,7-8H2,1-2H3/t11-/m0/s1. The fraction of sp³-hybridized carbons (Fsp3) is 0.294. The number of imidazole rings is 1. The SMILES string of the molecule is COC(=O)[C@@H]1COC(c2ncn3c2CN(C)C(=O)c2ccccc2-3)=N1. The molecule has 2 aliphatic rings. The number of ether oxygens (including phenoxy) is 2. The molecule has 1 atom stereocenters. The number of carbonyl (C=O) groups excluding carboxylic acids is 2. The minimum Gasteiger partial charge on any atom is -0.473 e. The molecule has 0 unspecified atom stereocenters. The third kappa shape index (κ3) is 2.37. The molecule has 0 bridgehead atoms. The molecule has 0 saturated heterocycles. The predicted octanol–water partition coefficient (Wildman–Crippen LogP) is 0.776. The lowest BCUT2D eigenvalue weighted by Crippen LogP contribution is -2.25. The van der Waals surface area contributed by atoms with Crippen LogP contribution in [0.15, 0.2) is 35.6 Å². The van der Waals surface area contributed by atoms with Crippen LogP contribution in [0, 0.1) is 0 Å². The molecule has 0 spiro atoms. The lowest BCUT2D eigenvalue weighted by molar-refractivity contribution is -0.142. The molecular weight excluding hydrogens is 324 g/mol. The van der Waals surface area contributed by atoms with E-state index in [0.29, 0.717) is 23.7 Å². The van der Waals surface area contributed by atoms with E-state index in [-0.39, 0.29) is 12.5 Å². The van der Waals surface area contributed by atoms with Crippen LogP contribution in [0.2, 0.25) is 0 Å². The number of benzene rings is 1. The molecule has 0 N–H and O–H groups in total. The Balaban J connectivity index is 1.81. The highest BCUT2D eigenvalue weighted by Gasteiger charge is 2.32. The molecule has 2 aliphatic heterocycles. The Labute approximate surface area is 143 Å². The van der Waals surface area contributed by atoms with Gasteiger partial charge in [0.1, 0.15) is 18.6 Å². The van der Waals surface area contributed by atoms with Gasteiger partial charge in [0.05, 0.1) is 30.6 Å². The van der Waals surface area contributed by atoms with E-state index in [0.717, 1.165) is 11.4 Å². The van der Waals surface area contributed by atoms with Crippen molar-refractivity contribution in [3.63, 3.8) is 0 Å². The van der Waals surface area contributed by atoms with Crippen LogP contribution in [0.4, 0.5) is 0 Å². The summed E-state index contributed by atoms with van der Waals surface area (Å²) in [6.07, 6.45) is 1.65. The van der Waals surface area contributed by atoms with Crippen molar-refractivity contribution in [1.82, 2.24) is 14.5 Å². The maximum Gasteiger partial charge on any atom is 0.334 e. The summed E-state index contributed by atoms with van der Waals surface area (Å²) in [5, 5.41) is 0. The summed E-state index contributed by atoms with van der Waals surface area (Å²) in [6.45, 7) is 0.480. The fourth-order valence-electron chi connectivity index (χ4n) is 3.04. The summed E-state index contributed by atoms with van der Waals surface area (Å²) in [7, 11) is 3.05. The Kier molecular flexibility index (Phi) is 3.52. The zero-order valence-electron chi connectivity index (χ0n) is 13.8. The van der Waals surface area contributed by atoms with Crippen LogP contribution in [-0.2, 0) is 20.8 Å². The first kappa shape index (κ1) is 15.4. The number of aliphatic imine (C=N–C) groups is 1. The van der Waals surface area contributed by atoms with E-state index < -0.39 is 12.0 Å². The quantitative estimate of drug-likeness (QED) is 0.754. The Hall–Kier alpha value is -3.16. The second-order valence-corrected chi connectivity index (χ2v) is 5.87. The van der Waals surface area contributed by atoms with Crippen LogP contribution in [0.5, 0.6) is 0 Å². The highest BCUT2D eigenvalue weighted by Crippen LogP contribution is 2.26. The van der Waals surface area contributed by atoms with E-state index in [9.17, 15) is 9.59 Å². The monoisotopic (exact) mass is 340 g/mol. The molecule has 1 aromatic carbocycles. The molecule has 0 saturated carbocycles. The van der Waals surface area contributed by atoms with Gasteiger partial charge >= 0.3 is 5.97 Å². The van der Waals surface area contributed by atoms with E-state index in [1.807, 2.05) is 22.8 Å². The molecule has 3 heterocycles. The number of fused-ring (bicyclic) bond motifs is 3. The molecular formula is C17H16N4O4. The lowest BCUT2D eigenvalue weighted by Gasteiger charge is -2.14. The molecule has 2 aromatic rings. The number of aromatic nitrogens is 2. The van der Waals surface area contributed by atoms with E-state index in [2.05, 4.69) is 9.98 Å². The minimum atomic E-state index is -0.685. The van der Waals surface area contributed by atoms with E-state index in [1.54, 1.807) is 24.3 Å². The molecule has 0 radical (unpaired) electrons. The maximum atomic E-state index is 12.6. The first-order chi connectivity index (χ1) is 12.1. The summed E-state index contributed by atoms with van der Waals surface area (Å²) in [5.74, 6) is -0.214. The molecule has 25 heavy (non-hydrogen) atoms. The second kappa shape index (κ2) is 5.73. The molecule has 0 aliphatic carbocycles. The summed E-state index contributed by atoms with van der Waals surface area (Å²) in [6, 6.07) is 6.68. The molecule has 0 fully saturated rings. The Morgan fingerprint density at radius 3 is 2.96 bits per heavy atom. The van der Waals surface area contributed by atoms with Gasteiger partial charge in [-0.05, 0) is 12.1 Å². The second-order valence-electron chi connectivity index (χ2n) is 5.87. The van der Waals surface area contributed by atoms with Crippen molar-refractivity contribution in [3.05, 3.63) is 47.5 Å². The van der Waals surface area contributed by atoms with Crippen molar-refractivity contribution < 1.29 is 19.1 Å². The van der Waals surface area contributed by atoms with Crippen LogP contribution >= 0.6 is 0 Å². The van der Waals surface area contributed by atoms with Gasteiger partial charge in [0.15, 0.2) is 6.04 Å². The van der Waals surface area contributed by atoms with Crippen molar-refractivity contribution in [1.29, 1.82) is 0 Å². The number of methoxy groups -OCH3 is 1. The number of hydrogen-bond donors (Lipinski definition) is 0. The summed E-state index contributed by atoms with van der Waals surface area (Å²) in [5.41, 5.74) is 2.68. The van der Waals surface area contributed by atoms with Crippen LogP contribution in [0.1, 0.15) is 21.7 Å². The number of rotatable bonds is 2. The van der Waals surface area contributed by atoms with Gasteiger partial charge in [0, 0.05) is 7.05 Å². The molecule has 128 valence electrons. The van der Waals surface area contributed by atoms with E-state index in [1.165, 1.54) is 7.11 Å². The van der Waals surface area contributed by atoms with E-state index >= 15 is 0 Å². The first-order valence-corrected chi connectivity index (χ1v) is 7.80. The van der Waals surface area contributed by atoms with Gasteiger partial charge in [0.2, 0.25) is 5.90 Å². The summed E-state index contributed by atoms with van der Waals surface area (Å²) >= 11 is 0. The van der Waals surface area contributed by atoms with Crippen molar-refractivity contribution in [2.45, 2.75) is 12.6 Å². The average molecular weight is 340 g/mol. The average Bonchev–Trinajstić information content (AvgIpc) is 3.25. The summed E-state index contributed by atoms with van der Waals surface area (Å²) < 4.78 is 12.1. The molecule has 1 amide bonds. The van der Waals surface area contributed by atoms with Gasteiger partial charge in [-0.3, -0.25) is 9.36 Å². The van der Waals surface area contributed by atoms with Crippen LogP contribution in [0.3, 0.4) is 0 Å². The lowest BCUT2D eigenvalue weighted by atomic mass is 10.1. The predicted molar refractivity (Wildman–Crippen MR) is 87.7 cm³/mol. The largest absolute Gasteiger partial charge is 0.473 e. The number of esters is 1. The Morgan fingerprint density at radius 1 is 1.36 bits per heavy atom. The van der Waals surface area contributed by atoms with Gasteiger partial charge in [-0.15, -0.1) is 0 Å². The smallest absolute Gasteiger partial charge is 0.334 e. The number of carbonyl (C=O) groups is 2. The highest BCUT2D eigenvalue weighted by atomic mass is 16.5. The first-order valence-electron chi connectivity index (χ1n) is 7.80. The van der Waals surface area contributed by atoms with Gasteiger partial charge < -0.3 is 14.4 Å². The van der Waals surface area contributed by atoms with Gasteiger partial charge in [-0.25, -0.2) is 14.8 Å².